The highest BCUT2D eigenvalue weighted by molar-refractivity contribution is 5.61. The third kappa shape index (κ3) is 4.79. The number of pyridine rings is 1. The van der Waals surface area contributed by atoms with Gasteiger partial charge in [0.25, 0.3) is 0 Å². The molecule has 0 amide bonds. The Morgan fingerprint density at radius 3 is 2.67 bits per heavy atom. The lowest BCUT2D eigenvalue weighted by atomic mass is 9.89. The van der Waals surface area contributed by atoms with Crippen molar-refractivity contribution >= 4 is 11.5 Å². The predicted octanol–water partition coefficient (Wildman–Crippen LogP) is 1.88. The second-order valence-corrected chi connectivity index (χ2v) is 5.59. The number of nitrogen functional groups attached to an aromatic ring is 1. The van der Waals surface area contributed by atoms with E-state index in [2.05, 4.69) is 31.1 Å². The Balaban J connectivity index is 2.57. The summed E-state index contributed by atoms with van der Waals surface area (Å²) in [5.41, 5.74) is 6.43. The Morgan fingerprint density at radius 2 is 2.11 bits per heavy atom. The number of nitrogens with zero attached hydrogens (tertiary/aromatic N) is 1. The Labute approximate surface area is 108 Å². The standard InChI is InChI=1S/C13H23N3O2/c1-13(2,3)7-9(17)8-15-12-10(14)5-6-11(16-12)18-4/h5-6,9,17H,7-8,14H2,1-4H3,(H,15,16). The summed E-state index contributed by atoms with van der Waals surface area (Å²) in [4.78, 5) is 4.19. The van der Waals surface area contributed by atoms with Crippen LogP contribution in [0.3, 0.4) is 0 Å². The molecule has 0 fully saturated rings. The maximum atomic E-state index is 9.90. The number of hydrogen-bond acceptors (Lipinski definition) is 5. The second-order valence-electron chi connectivity index (χ2n) is 5.59. The molecule has 0 bridgehead atoms. The van der Waals surface area contributed by atoms with Crippen LogP contribution < -0.4 is 15.8 Å². The first-order valence-corrected chi connectivity index (χ1v) is 6.04. The van der Waals surface area contributed by atoms with E-state index in [0.29, 0.717) is 30.4 Å². The monoisotopic (exact) mass is 253 g/mol. The number of aromatic nitrogens is 1. The molecule has 1 rings (SSSR count). The number of nitrogens with two attached hydrogens (primary N) is 1. The van der Waals surface area contributed by atoms with Crippen LogP contribution in [0.2, 0.25) is 0 Å². The molecular formula is C13H23N3O2. The van der Waals surface area contributed by atoms with E-state index in [9.17, 15) is 5.11 Å². The first-order chi connectivity index (χ1) is 8.31. The summed E-state index contributed by atoms with van der Waals surface area (Å²) < 4.78 is 5.03. The number of aliphatic hydroxyl groups is 1. The zero-order chi connectivity index (χ0) is 13.8. The van der Waals surface area contributed by atoms with Crippen LogP contribution in [0.5, 0.6) is 5.88 Å². The Kier molecular flexibility index (Phi) is 4.78. The number of nitrogens with one attached hydrogen (secondary N) is 1. The van der Waals surface area contributed by atoms with Crippen molar-refractivity contribution in [2.75, 3.05) is 24.7 Å². The molecule has 1 unspecified atom stereocenters. The van der Waals surface area contributed by atoms with Crippen molar-refractivity contribution in [3.05, 3.63) is 12.1 Å². The SMILES string of the molecule is COc1ccc(N)c(NCC(O)CC(C)(C)C)n1. The van der Waals surface area contributed by atoms with Gasteiger partial charge in [-0.05, 0) is 17.9 Å². The molecular weight excluding hydrogens is 230 g/mol. The molecule has 1 heterocycles. The van der Waals surface area contributed by atoms with Crippen LogP contribution in [-0.4, -0.2) is 29.8 Å². The first-order valence-electron chi connectivity index (χ1n) is 6.04. The summed E-state index contributed by atoms with van der Waals surface area (Å²) in [5.74, 6) is 1.04. The molecule has 0 radical (unpaired) electrons. The molecule has 5 heteroatoms. The first kappa shape index (κ1) is 14.6. The average Bonchev–Trinajstić information content (AvgIpc) is 2.25. The van der Waals surface area contributed by atoms with Crippen molar-refractivity contribution in [1.29, 1.82) is 0 Å². The van der Waals surface area contributed by atoms with Gasteiger partial charge in [-0.25, -0.2) is 0 Å². The van der Waals surface area contributed by atoms with E-state index in [1.807, 2.05) is 0 Å². The Morgan fingerprint density at radius 1 is 1.44 bits per heavy atom. The number of ether oxygens (including phenoxy) is 1. The summed E-state index contributed by atoms with van der Waals surface area (Å²) in [6.45, 7) is 6.69. The molecule has 1 atom stereocenters. The number of rotatable bonds is 5. The lowest BCUT2D eigenvalue weighted by Gasteiger charge is -2.22. The highest BCUT2D eigenvalue weighted by Gasteiger charge is 2.16. The van der Waals surface area contributed by atoms with Crippen molar-refractivity contribution < 1.29 is 9.84 Å². The molecule has 0 spiro atoms. The van der Waals surface area contributed by atoms with Crippen LogP contribution in [0.4, 0.5) is 11.5 Å². The van der Waals surface area contributed by atoms with Gasteiger partial charge < -0.3 is 20.9 Å². The molecule has 4 N–H and O–H groups in total. The van der Waals surface area contributed by atoms with Gasteiger partial charge in [0.15, 0.2) is 5.82 Å². The van der Waals surface area contributed by atoms with Gasteiger partial charge in [0.2, 0.25) is 5.88 Å². The maximum Gasteiger partial charge on any atom is 0.215 e. The van der Waals surface area contributed by atoms with Crippen LogP contribution in [-0.2, 0) is 0 Å². The van der Waals surface area contributed by atoms with Gasteiger partial charge in [0.05, 0.1) is 18.9 Å². The van der Waals surface area contributed by atoms with Crippen molar-refractivity contribution in [1.82, 2.24) is 4.98 Å². The van der Waals surface area contributed by atoms with Crippen molar-refractivity contribution in [3.8, 4) is 5.88 Å². The van der Waals surface area contributed by atoms with Gasteiger partial charge in [-0.1, -0.05) is 20.8 Å². The molecule has 0 aliphatic carbocycles. The molecule has 0 aliphatic heterocycles. The zero-order valence-corrected chi connectivity index (χ0v) is 11.5. The van der Waals surface area contributed by atoms with Gasteiger partial charge in [-0.3, -0.25) is 0 Å². The van der Waals surface area contributed by atoms with Crippen LogP contribution in [0.1, 0.15) is 27.2 Å². The van der Waals surface area contributed by atoms with E-state index in [-0.39, 0.29) is 5.41 Å². The molecule has 0 aromatic carbocycles. The number of methoxy groups -OCH3 is 1. The third-order valence-electron chi connectivity index (χ3n) is 2.46. The van der Waals surface area contributed by atoms with E-state index in [1.54, 1.807) is 19.2 Å². The Hall–Kier alpha value is -1.49. The topological polar surface area (TPSA) is 80.4 Å². The van der Waals surface area contributed by atoms with E-state index in [1.165, 1.54) is 0 Å². The number of anilines is 2. The average molecular weight is 253 g/mol. The summed E-state index contributed by atoms with van der Waals surface area (Å²) in [5, 5.41) is 12.9. The third-order valence-corrected chi connectivity index (χ3v) is 2.46. The number of aliphatic hydroxyl groups excluding tert-OH is 1. The second kappa shape index (κ2) is 5.91. The van der Waals surface area contributed by atoms with Crippen LogP contribution in [0, 0.1) is 5.41 Å². The van der Waals surface area contributed by atoms with E-state index >= 15 is 0 Å². The lowest BCUT2D eigenvalue weighted by Crippen LogP contribution is -2.25. The normalized spacial score (nSPS) is 13.2. The van der Waals surface area contributed by atoms with Gasteiger partial charge in [0.1, 0.15) is 0 Å². The molecule has 5 nitrogen and oxygen atoms in total. The highest BCUT2D eigenvalue weighted by Crippen LogP contribution is 2.22. The fraction of sp³-hybridized carbons (Fsp3) is 0.615. The van der Waals surface area contributed by atoms with Gasteiger partial charge in [-0.2, -0.15) is 4.98 Å². The molecule has 0 saturated heterocycles. The van der Waals surface area contributed by atoms with Crippen molar-refractivity contribution in [3.63, 3.8) is 0 Å². The maximum absolute atomic E-state index is 9.90. The molecule has 1 aromatic rings. The molecule has 0 saturated carbocycles. The minimum atomic E-state index is -0.433. The van der Waals surface area contributed by atoms with Crippen molar-refractivity contribution in [2.24, 2.45) is 5.41 Å². The van der Waals surface area contributed by atoms with Gasteiger partial charge in [-0.15, -0.1) is 0 Å². The lowest BCUT2D eigenvalue weighted by molar-refractivity contribution is 0.132. The van der Waals surface area contributed by atoms with Crippen LogP contribution in [0.25, 0.3) is 0 Å². The zero-order valence-electron chi connectivity index (χ0n) is 11.5. The smallest absolute Gasteiger partial charge is 0.215 e. The fourth-order valence-corrected chi connectivity index (χ4v) is 1.70. The minimum Gasteiger partial charge on any atom is -0.481 e. The van der Waals surface area contributed by atoms with Gasteiger partial charge >= 0.3 is 0 Å². The molecule has 1 aromatic heterocycles. The summed E-state index contributed by atoms with van der Waals surface area (Å²) in [6, 6.07) is 3.43. The largest absolute Gasteiger partial charge is 0.481 e. The van der Waals surface area contributed by atoms with Crippen molar-refractivity contribution in [2.45, 2.75) is 33.3 Å². The minimum absolute atomic E-state index is 0.0917. The highest BCUT2D eigenvalue weighted by atomic mass is 16.5. The summed E-state index contributed by atoms with van der Waals surface area (Å²) >= 11 is 0. The Bertz CT molecular complexity index is 388. The van der Waals surface area contributed by atoms with E-state index < -0.39 is 6.10 Å². The van der Waals surface area contributed by atoms with Crippen LogP contribution >= 0.6 is 0 Å². The molecule has 0 aliphatic rings. The van der Waals surface area contributed by atoms with E-state index in [4.69, 9.17) is 10.5 Å². The van der Waals surface area contributed by atoms with Gasteiger partial charge in [0, 0.05) is 12.6 Å². The summed E-state index contributed by atoms with van der Waals surface area (Å²) in [6.07, 6.45) is 0.279. The van der Waals surface area contributed by atoms with Crippen LogP contribution in [0.15, 0.2) is 12.1 Å². The molecule has 18 heavy (non-hydrogen) atoms. The summed E-state index contributed by atoms with van der Waals surface area (Å²) in [7, 11) is 1.55. The molecule has 102 valence electrons. The number of hydrogen-bond donors (Lipinski definition) is 3. The fourth-order valence-electron chi connectivity index (χ4n) is 1.70. The quantitative estimate of drug-likeness (QED) is 0.746. The predicted molar refractivity (Wildman–Crippen MR) is 73.8 cm³/mol. The van der Waals surface area contributed by atoms with E-state index in [0.717, 1.165) is 0 Å².